The number of nitrogens with one attached hydrogen (secondary N) is 1. The average molecular weight is 248 g/mol. The summed E-state index contributed by atoms with van der Waals surface area (Å²) < 4.78 is 5.47. The highest BCUT2D eigenvalue weighted by atomic mass is 16.5. The summed E-state index contributed by atoms with van der Waals surface area (Å²) in [6.07, 6.45) is 1.98. The van der Waals surface area contributed by atoms with Crippen molar-refractivity contribution in [3.63, 3.8) is 0 Å². The zero-order valence-electron chi connectivity index (χ0n) is 11.1. The number of rotatable bonds is 6. The van der Waals surface area contributed by atoms with Gasteiger partial charge in [-0.1, -0.05) is 32.0 Å². The molecule has 0 bridgehead atoms. The van der Waals surface area contributed by atoms with Crippen LogP contribution in [0.1, 0.15) is 27.2 Å². The van der Waals surface area contributed by atoms with Crippen LogP contribution < -0.4 is 10.2 Å². The molecule has 0 aliphatic rings. The number of para-hydroxylation sites is 1. The fourth-order valence-corrected chi connectivity index (χ4v) is 1.22. The van der Waals surface area contributed by atoms with Crippen molar-refractivity contribution in [3.8, 4) is 5.75 Å². The van der Waals surface area contributed by atoms with Gasteiger partial charge in [-0.25, -0.2) is 5.43 Å². The fourth-order valence-electron chi connectivity index (χ4n) is 1.22. The summed E-state index contributed by atoms with van der Waals surface area (Å²) in [6, 6.07) is 9.24. The van der Waals surface area contributed by atoms with Crippen LogP contribution in [0.3, 0.4) is 0 Å². The van der Waals surface area contributed by atoms with Crippen LogP contribution in [0, 0.1) is 5.92 Å². The van der Waals surface area contributed by atoms with Crippen LogP contribution in [-0.4, -0.2) is 18.2 Å². The van der Waals surface area contributed by atoms with E-state index in [4.69, 9.17) is 4.74 Å². The zero-order chi connectivity index (χ0) is 13.4. The molecule has 0 heterocycles. The first-order valence-corrected chi connectivity index (χ1v) is 6.12. The van der Waals surface area contributed by atoms with Gasteiger partial charge in [0, 0.05) is 6.21 Å². The van der Waals surface area contributed by atoms with Crippen molar-refractivity contribution in [1.29, 1.82) is 0 Å². The molecule has 4 heteroatoms. The van der Waals surface area contributed by atoms with Crippen LogP contribution in [0.15, 0.2) is 35.4 Å². The van der Waals surface area contributed by atoms with E-state index in [0.717, 1.165) is 6.42 Å². The number of benzene rings is 1. The van der Waals surface area contributed by atoms with E-state index in [9.17, 15) is 4.79 Å². The second-order valence-electron chi connectivity index (χ2n) is 4.49. The Hall–Kier alpha value is -1.84. The first-order chi connectivity index (χ1) is 8.59. The van der Waals surface area contributed by atoms with Gasteiger partial charge in [0.15, 0.2) is 6.10 Å². The smallest absolute Gasteiger partial charge is 0.280 e. The maximum absolute atomic E-state index is 11.6. The van der Waals surface area contributed by atoms with E-state index in [1.54, 1.807) is 13.1 Å². The Morgan fingerprint density at radius 2 is 2.00 bits per heavy atom. The van der Waals surface area contributed by atoms with Gasteiger partial charge in [0.05, 0.1) is 0 Å². The summed E-state index contributed by atoms with van der Waals surface area (Å²) in [5, 5.41) is 3.87. The molecule has 18 heavy (non-hydrogen) atoms. The van der Waals surface area contributed by atoms with E-state index in [0.29, 0.717) is 11.7 Å². The third kappa shape index (κ3) is 5.48. The Labute approximate surface area is 108 Å². The van der Waals surface area contributed by atoms with E-state index in [1.165, 1.54) is 0 Å². The Morgan fingerprint density at radius 1 is 1.33 bits per heavy atom. The largest absolute Gasteiger partial charge is 0.481 e. The van der Waals surface area contributed by atoms with Gasteiger partial charge in [-0.15, -0.1) is 0 Å². The molecule has 1 atom stereocenters. The first kappa shape index (κ1) is 14.2. The normalized spacial score (nSPS) is 12.7. The maximum atomic E-state index is 11.6. The maximum Gasteiger partial charge on any atom is 0.280 e. The number of ether oxygens (including phenoxy) is 1. The minimum atomic E-state index is -0.566. The highest BCUT2D eigenvalue weighted by molar-refractivity contribution is 5.81. The molecule has 98 valence electrons. The lowest BCUT2D eigenvalue weighted by molar-refractivity contribution is -0.127. The van der Waals surface area contributed by atoms with Gasteiger partial charge in [0.2, 0.25) is 0 Å². The van der Waals surface area contributed by atoms with Crippen LogP contribution in [0.25, 0.3) is 0 Å². The Balaban J connectivity index is 2.35. The lowest BCUT2D eigenvalue weighted by Gasteiger charge is -2.12. The number of hydrogen-bond donors (Lipinski definition) is 1. The number of hydrogen-bond acceptors (Lipinski definition) is 3. The van der Waals surface area contributed by atoms with Crippen LogP contribution in [0.4, 0.5) is 0 Å². The average Bonchev–Trinajstić information content (AvgIpc) is 2.35. The van der Waals surface area contributed by atoms with Gasteiger partial charge in [-0.05, 0) is 31.4 Å². The van der Waals surface area contributed by atoms with Gasteiger partial charge in [-0.2, -0.15) is 5.10 Å². The molecule has 1 amide bonds. The van der Waals surface area contributed by atoms with E-state index in [1.807, 2.05) is 30.3 Å². The fraction of sp³-hybridized carbons (Fsp3) is 0.429. The summed E-state index contributed by atoms with van der Waals surface area (Å²) >= 11 is 0. The summed E-state index contributed by atoms with van der Waals surface area (Å²) in [5.74, 6) is 0.953. The summed E-state index contributed by atoms with van der Waals surface area (Å²) in [5.41, 5.74) is 2.46. The molecular formula is C14H20N2O2. The molecule has 0 radical (unpaired) electrons. The van der Waals surface area contributed by atoms with Crippen molar-refractivity contribution in [2.75, 3.05) is 0 Å². The lowest BCUT2D eigenvalue weighted by Crippen LogP contribution is -2.33. The molecule has 1 aromatic rings. The van der Waals surface area contributed by atoms with E-state index in [-0.39, 0.29) is 5.91 Å². The molecule has 1 rings (SSSR count). The highest BCUT2D eigenvalue weighted by Crippen LogP contribution is 2.10. The molecular weight excluding hydrogens is 228 g/mol. The van der Waals surface area contributed by atoms with Crippen molar-refractivity contribution in [1.82, 2.24) is 5.43 Å². The monoisotopic (exact) mass is 248 g/mol. The third-order valence-electron chi connectivity index (χ3n) is 2.27. The Kier molecular flexibility index (Phi) is 5.91. The molecule has 0 saturated heterocycles. The van der Waals surface area contributed by atoms with Crippen LogP contribution in [0.2, 0.25) is 0 Å². The number of hydrazone groups is 1. The SMILES string of the molecule is CC(C)C/C=N/NC(=O)[C@@H](C)Oc1ccccc1. The summed E-state index contributed by atoms with van der Waals surface area (Å²) in [4.78, 5) is 11.6. The van der Waals surface area contributed by atoms with Gasteiger partial charge in [-0.3, -0.25) is 4.79 Å². The van der Waals surface area contributed by atoms with E-state index < -0.39 is 6.10 Å². The van der Waals surface area contributed by atoms with Gasteiger partial charge in [0.1, 0.15) is 5.75 Å². The van der Waals surface area contributed by atoms with E-state index >= 15 is 0 Å². The molecule has 1 aromatic carbocycles. The van der Waals surface area contributed by atoms with Crippen LogP contribution in [-0.2, 0) is 4.79 Å². The first-order valence-electron chi connectivity index (χ1n) is 6.12. The van der Waals surface area contributed by atoms with E-state index in [2.05, 4.69) is 24.4 Å². The third-order valence-corrected chi connectivity index (χ3v) is 2.27. The van der Waals surface area contributed by atoms with Gasteiger partial charge < -0.3 is 4.74 Å². The highest BCUT2D eigenvalue weighted by Gasteiger charge is 2.13. The van der Waals surface area contributed by atoms with Crippen molar-refractivity contribution in [2.45, 2.75) is 33.3 Å². The topological polar surface area (TPSA) is 50.7 Å². The Bertz CT molecular complexity index is 388. The zero-order valence-corrected chi connectivity index (χ0v) is 11.1. The quantitative estimate of drug-likeness (QED) is 0.621. The molecule has 0 spiro atoms. The summed E-state index contributed by atoms with van der Waals surface area (Å²) in [7, 11) is 0. The molecule has 0 unspecified atom stereocenters. The summed E-state index contributed by atoms with van der Waals surface area (Å²) in [6.45, 7) is 5.88. The van der Waals surface area contributed by atoms with Crippen LogP contribution in [0.5, 0.6) is 5.75 Å². The van der Waals surface area contributed by atoms with Crippen molar-refractivity contribution < 1.29 is 9.53 Å². The molecule has 4 nitrogen and oxygen atoms in total. The molecule has 0 fully saturated rings. The van der Waals surface area contributed by atoms with Crippen molar-refractivity contribution in [2.24, 2.45) is 11.0 Å². The number of carbonyl (C=O) groups is 1. The molecule has 0 aliphatic carbocycles. The minimum Gasteiger partial charge on any atom is -0.481 e. The standard InChI is InChI=1S/C14H20N2O2/c1-11(2)9-10-15-16-14(17)12(3)18-13-7-5-4-6-8-13/h4-8,10-12H,9H2,1-3H3,(H,16,17)/b15-10+/t12-/m1/s1. The number of nitrogens with zero attached hydrogens (tertiary/aromatic N) is 1. The molecule has 0 aromatic heterocycles. The predicted molar refractivity (Wildman–Crippen MR) is 72.6 cm³/mol. The number of carbonyl (C=O) groups excluding carboxylic acids is 1. The lowest BCUT2D eigenvalue weighted by atomic mass is 10.2. The second-order valence-corrected chi connectivity index (χ2v) is 4.49. The minimum absolute atomic E-state index is 0.251. The molecule has 0 aliphatic heterocycles. The van der Waals surface area contributed by atoms with Crippen LogP contribution >= 0.6 is 0 Å². The van der Waals surface area contributed by atoms with Gasteiger partial charge >= 0.3 is 0 Å². The predicted octanol–water partition coefficient (Wildman–Crippen LogP) is 2.60. The van der Waals surface area contributed by atoms with Crippen molar-refractivity contribution in [3.05, 3.63) is 30.3 Å². The number of amides is 1. The second kappa shape index (κ2) is 7.48. The molecule has 1 N–H and O–H groups in total. The van der Waals surface area contributed by atoms with Crippen molar-refractivity contribution >= 4 is 12.1 Å². The van der Waals surface area contributed by atoms with Gasteiger partial charge in [0.25, 0.3) is 5.91 Å². The Morgan fingerprint density at radius 3 is 2.61 bits per heavy atom. The molecule has 0 saturated carbocycles.